The average molecular weight is 366 g/mol. The molecule has 0 amide bonds. The summed E-state index contributed by atoms with van der Waals surface area (Å²) < 4.78 is 21.5. The van der Waals surface area contributed by atoms with Crippen molar-refractivity contribution < 1.29 is 28.8 Å². The number of cyclic esters (lactones) is 1. The third-order valence-corrected chi connectivity index (χ3v) is 4.81. The number of rotatable bonds is 4. The van der Waals surface area contributed by atoms with Gasteiger partial charge in [-0.3, -0.25) is 0 Å². The predicted octanol–water partition coefficient (Wildman–Crippen LogP) is 3.91. The minimum atomic E-state index is -0.474. The molecule has 1 N–H and O–H groups in total. The van der Waals surface area contributed by atoms with Gasteiger partial charge in [0, 0.05) is 22.1 Å². The van der Waals surface area contributed by atoms with Gasteiger partial charge in [0.15, 0.2) is 11.5 Å². The number of esters is 1. The smallest absolute Gasteiger partial charge is 0.339 e. The van der Waals surface area contributed by atoms with Crippen molar-refractivity contribution in [2.24, 2.45) is 0 Å². The van der Waals surface area contributed by atoms with Gasteiger partial charge in [0.2, 0.25) is 0 Å². The fourth-order valence-electron chi connectivity index (χ4n) is 3.55. The molecule has 1 aliphatic heterocycles. The Morgan fingerprint density at radius 1 is 0.889 bits per heavy atom. The summed E-state index contributed by atoms with van der Waals surface area (Å²) in [4.78, 5) is 12.5. The molecule has 0 aliphatic carbocycles. The first-order valence-corrected chi connectivity index (χ1v) is 8.34. The number of carbonyl (C=O) groups is 1. The fourth-order valence-corrected chi connectivity index (χ4v) is 3.55. The van der Waals surface area contributed by atoms with Crippen LogP contribution in [0.1, 0.15) is 15.9 Å². The molecule has 0 radical (unpaired) electrons. The second-order valence-electron chi connectivity index (χ2n) is 6.11. The standard InChI is InChI=1S/C21H18O6/c1-24-15-7-5-4-6-11(15)18-12-8-16(25-2)17(26-3)9-13(12)20(22)14-10-27-21(23)19(14)18/h4-9,22H,10H2,1-3H3. The van der Waals surface area contributed by atoms with Gasteiger partial charge in [-0.25, -0.2) is 4.79 Å². The number of phenols is 1. The van der Waals surface area contributed by atoms with E-state index >= 15 is 0 Å². The molecule has 6 nitrogen and oxygen atoms in total. The van der Waals surface area contributed by atoms with Crippen LogP contribution in [0.15, 0.2) is 36.4 Å². The minimum Gasteiger partial charge on any atom is -0.507 e. The van der Waals surface area contributed by atoms with E-state index in [0.717, 1.165) is 5.56 Å². The van der Waals surface area contributed by atoms with Crippen LogP contribution >= 0.6 is 0 Å². The third kappa shape index (κ3) is 2.44. The quantitative estimate of drug-likeness (QED) is 0.706. The molecule has 0 saturated heterocycles. The third-order valence-electron chi connectivity index (χ3n) is 4.81. The number of para-hydroxylation sites is 1. The molecule has 4 rings (SSSR count). The molecule has 0 atom stereocenters. The van der Waals surface area contributed by atoms with Gasteiger partial charge >= 0.3 is 5.97 Å². The van der Waals surface area contributed by atoms with Crippen LogP contribution in [0.4, 0.5) is 0 Å². The van der Waals surface area contributed by atoms with Crippen LogP contribution in [0.3, 0.4) is 0 Å². The van der Waals surface area contributed by atoms with E-state index in [9.17, 15) is 9.90 Å². The maximum Gasteiger partial charge on any atom is 0.339 e. The summed E-state index contributed by atoms with van der Waals surface area (Å²) in [6.45, 7) is 0.0203. The topological polar surface area (TPSA) is 74.2 Å². The SMILES string of the molecule is COc1cc2c(O)c3c(c(-c4ccccc4OC)c2cc1OC)C(=O)OC3. The van der Waals surface area contributed by atoms with Crippen molar-refractivity contribution in [3.63, 3.8) is 0 Å². The first-order valence-electron chi connectivity index (χ1n) is 8.34. The highest BCUT2D eigenvalue weighted by Crippen LogP contribution is 2.48. The number of carbonyl (C=O) groups excluding carboxylic acids is 1. The summed E-state index contributed by atoms with van der Waals surface area (Å²) in [5, 5.41) is 12.0. The van der Waals surface area contributed by atoms with Gasteiger partial charge < -0.3 is 24.1 Å². The van der Waals surface area contributed by atoms with Crippen LogP contribution in [-0.4, -0.2) is 32.4 Å². The monoisotopic (exact) mass is 366 g/mol. The molecule has 138 valence electrons. The van der Waals surface area contributed by atoms with E-state index in [0.29, 0.717) is 44.7 Å². The second kappa shape index (κ2) is 6.39. The minimum absolute atomic E-state index is 0.00505. The molecule has 3 aromatic carbocycles. The molecule has 0 saturated carbocycles. The van der Waals surface area contributed by atoms with Crippen molar-refractivity contribution in [1.29, 1.82) is 0 Å². The summed E-state index contributed by atoms with van der Waals surface area (Å²) in [5.41, 5.74) is 2.17. The molecule has 3 aromatic rings. The van der Waals surface area contributed by atoms with Gasteiger partial charge in [0.05, 0.1) is 26.9 Å². The molecule has 6 heteroatoms. The highest BCUT2D eigenvalue weighted by atomic mass is 16.5. The van der Waals surface area contributed by atoms with Gasteiger partial charge in [0.25, 0.3) is 0 Å². The Bertz CT molecular complexity index is 1070. The average Bonchev–Trinajstić information content (AvgIpc) is 3.09. The van der Waals surface area contributed by atoms with Gasteiger partial charge in [-0.2, -0.15) is 0 Å². The van der Waals surface area contributed by atoms with E-state index in [2.05, 4.69) is 0 Å². The fraction of sp³-hybridized carbons (Fsp3) is 0.190. The van der Waals surface area contributed by atoms with Crippen LogP contribution in [-0.2, 0) is 11.3 Å². The lowest BCUT2D eigenvalue weighted by Gasteiger charge is -2.17. The Hall–Kier alpha value is -3.41. The summed E-state index contributed by atoms with van der Waals surface area (Å²) in [5.74, 6) is 1.12. The molecule has 0 unspecified atom stereocenters. The van der Waals surface area contributed by atoms with Crippen LogP contribution in [0.5, 0.6) is 23.0 Å². The Morgan fingerprint density at radius 3 is 2.19 bits per heavy atom. The number of hydrogen-bond donors (Lipinski definition) is 1. The van der Waals surface area contributed by atoms with Crippen molar-refractivity contribution in [3.8, 4) is 34.1 Å². The highest BCUT2D eigenvalue weighted by Gasteiger charge is 2.32. The van der Waals surface area contributed by atoms with Crippen molar-refractivity contribution in [3.05, 3.63) is 47.5 Å². The van der Waals surface area contributed by atoms with Crippen molar-refractivity contribution in [1.82, 2.24) is 0 Å². The van der Waals surface area contributed by atoms with E-state index in [4.69, 9.17) is 18.9 Å². The predicted molar refractivity (Wildman–Crippen MR) is 99.8 cm³/mol. The molecule has 0 spiro atoms. The van der Waals surface area contributed by atoms with E-state index in [1.807, 2.05) is 24.3 Å². The number of aromatic hydroxyl groups is 1. The molecule has 1 aliphatic rings. The molecular formula is C21H18O6. The summed E-state index contributed by atoms with van der Waals surface area (Å²) >= 11 is 0. The molecule has 0 fully saturated rings. The van der Waals surface area contributed by atoms with E-state index < -0.39 is 5.97 Å². The number of ether oxygens (including phenoxy) is 4. The lowest BCUT2D eigenvalue weighted by molar-refractivity contribution is 0.0535. The number of fused-ring (bicyclic) bond motifs is 2. The Kier molecular flexibility index (Phi) is 4.03. The van der Waals surface area contributed by atoms with Gasteiger partial charge in [-0.1, -0.05) is 18.2 Å². The van der Waals surface area contributed by atoms with Crippen molar-refractivity contribution in [2.45, 2.75) is 6.61 Å². The lowest BCUT2D eigenvalue weighted by atomic mass is 9.89. The summed E-state index contributed by atoms with van der Waals surface area (Å²) in [6.07, 6.45) is 0. The zero-order valence-corrected chi connectivity index (χ0v) is 15.2. The van der Waals surface area contributed by atoms with Gasteiger partial charge in [0.1, 0.15) is 18.1 Å². The number of hydrogen-bond acceptors (Lipinski definition) is 6. The highest BCUT2D eigenvalue weighted by molar-refractivity contribution is 6.14. The van der Waals surface area contributed by atoms with Crippen molar-refractivity contribution in [2.75, 3.05) is 21.3 Å². The van der Waals surface area contributed by atoms with Gasteiger partial charge in [-0.05, 0) is 23.6 Å². The number of phenolic OH excluding ortho intramolecular Hbond substituents is 1. The van der Waals surface area contributed by atoms with Crippen molar-refractivity contribution >= 4 is 16.7 Å². The largest absolute Gasteiger partial charge is 0.507 e. The van der Waals surface area contributed by atoms with E-state index in [1.54, 1.807) is 19.2 Å². The van der Waals surface area contributed by atoms with E-state index in [1.165, 1.54) is 14.2 Å². The molecule has 1 heterocycles. The first kappa shape index (κ1) is 17.0. The van der Waals surface area contributed by atoms with Crippen LogP contribution in [0.25, 0.3) is 21.9 Å². The molecule has 0 bridgehead atoms. The van der Waals surface area contributed by atoms with Gasteiger partial charge in [-0.15, -0.1) is 0 Å². The first-order chi connectivity index (χ1) is 13.1. The zero-order chi connectivity index (χ0) is 19.1. The van der Waals surface area contributed by atoms with Crippen LogP contribution in [0.2, 0.25) is 0 Å². The van der Waals surface area contributed by atoms with E-state index in [-0.39, 0.29) is 12.4 Å². The lowest BCUT2D eigenvalue weighted by Crippen LogP contribution is -2.01. The second-order valence-corrected chi connectivity index (χ2v) is 6.11. The maximum absolute atomic E-state index is 12.5. The number of methoxy groups -OCH3 is 3. The Morgan fingerprint density at radius 2 is 1.52 bits per heavy atom. The maximum atomic E-state index is 12.5. The summed E-state index contributed by atoms with van der Waals surface area (Å²) in [6, 6.07) is 10.9. The van der Waals surface area contributed by atoms with Crippen LogP contribution < -0.4 is 14.2 Å². The Balaban J connectivity index is 2.20. The number of benzene rings is 3. The molecule has 27 heavy (non-hydrogen) atoms. The van der Waals surface area contributed by atoms with Crippen LogP contribution in [0, 0.1) is 0 Å². The molecular weight excluding hydrogens is 348 g/mol. The zero-order valence-electron chi connectivity index (χ0n) is 15.2. The Labute approximate surface area is 155 Å². The molecule has 0 aromatic heterocycles. The normalized spacial score (nSPS) is 12.6. The summed E-state index contributed by atoms with van der Waals surface area (Å²) in [7, 11) is 4.64.